The van der Waals surface area contributed by atoms with E-state index in [0.29, 0.717) is 10.8 Å². The zero-order chi connectivity index (χ0) is 8.70. The predicted molar refractivity (Wildman–Crippen MR) is 49.3 cm³/mol. The number of rotatable bonds is 1. The van der Waals surface area contributed by atoms with E-state index in [2.05, 4.69) is 27.7 Å². The standard InChI is InChI=1S/C10H21N/c1-9(2)6-5-8(7-11)10(9,3)4/h8H,5-7,11H2,1-4H3/t8-/m1/s1. The predicted octanol–water partition coefficient (Wildman–Crippen LogP) is 2.41. The summed E-state index contributed by atoms with van der Waals surface area (Å²) >= 11 is 0. The molecular weight excluding hydrogens is 134 g/mol. The van der Waals surface area contributed by atoms with Crippen LogP contribution in [0, 0.1) is 16.7 Å². The van der Waals surface area contributed by atoms with Gasteiger partial charge in [0, 0.05) is 0 Å². The number of nitrogens with two attached hydrogens (primary N) is 1. The molecule has 2 N–H and O–H groups in total. The van der Waals surface area contributed by atoms with Crippen molar-refractivity contribution in [3.63, 3.8) is 0 Å². The fourth-order valence-electron chi connectivity index (χ4n) is 2.18. The van der Waals surface area contributed by atoms with Gasteiger partial charge < -0.3 is 5.73 Å². The Hall–Kier alpha value is -0.0400. The molecule has 1 aliphatic carbocycles. The average molecular weight is 155 g/mol. The van der Waals surface area contributed by atoms with Gasteiger partial charge in [-0.25, -0.2) is 0 Å². The molecule has 1 nitrogen and oxygen atoms in total. The van der Waals surface area contributed by atoms with Gasteiger partial charge in [-0.2, -0.15) is 0 Å². The summed E-state index contributed by atoms with van der Waals surface area (Å²) < 4.78 is 0. The molecule has 0 unspecified atom stereocenters. The molecule has 66 valence electrons. The van der Waals surface area contributed by atoms with Crippen molar-refractivity contribution in [2.24, 2.45) is 22.5 Å². The lowest BCUT2D eigenvalue weighted by Crippen LogP contribution is -2.34. The van der Waals surface area contributed by atoms with Gasteiger partial charge in [-0.05, 0) is 36.1 Å². The maximum Gasteiger partial charge on any atom is -0.00436 e. The Kier molecular flexibility index (Phi) is 2.04. The first kappa shape index (κ1) is 9.05. The maximum absolute atomic E-state index is 5.73. The summed E-state index contributed by atoms with van der Waals surface area (Å²) in [7, 11) is 0. The van der Waals surface area contributed by atoms with Gasteiger partial charge in [0.1, 0.15) is 0 Å². The summed E-state index contributed by atoms with van der Waals surface area (Å²) in [6, 6.07) is 0. The third-order valence-electron chi connectivity index (χ3n) is 4.17. The fourth-order valence-corrected chi connectivity index (χ4v) is 2.18. The van der Waals surface area contributed by atoms with Crippen molar-refractivity contribution in [1.29, 1.82) is 0 Å². The Morgan fingerprint density at radius 2 is 1.82 bits per heavy atom. The highest BCUT2D eigenvalue weighted by atomic mass is 14.6. The molecule has 0 aromatic rings. The molecular formula is C10H21N. The molecule has 1 saturated carbocycles. The molecule has 0 aromatic carbocycles. The highest BCUT2D eigenvalue weighted by Gasteiger charge is 2.47. The second-order valence-corrected chi connectivity index (χ2v) is 5.08. The summed E-state index contributed by atoms with van der Waals surface area (Å²) in [5, 5.41) is 0. The SMILES string of the molecule is CC1(C)CC[C@H](CN)C1(C)C. The molecule has 0 aromatic heterocycles. The van der Waals surface area contributed by atoms with E-state index in [1.165, 1.54) is 12.8 Å². The van der Waals surface area contributed by atoms with Gasteiger partial charge in [-0.3, -0.25) is 0 Å². The van der Waals surface area contributed by atoms with Crippen molar-refractivity contribution < 1.29 is 0 Å². The smallest absolute Gasteiger partial charge is 0.00436 e. The van der Waals surface area contributed by atoms with E-state index in [1.807, 2.05) is 0 Å². The van der Waals surface area contributed by atoms with Crippen LogP contribution in [0.2, 0.25) is 0 Å². The maximum atomic E-state index is 5.73. The van der Waals surface area contributed by atoms with E-state index < -0.39 is 0 Å². The van der Waals surface area contributed by atoms with Crippen molar-refractivity contribution in [3.05, 3.63) is 0 Å². The lowest BCUT2D eigenvalue weighted by molar-refractivity contribution is 0.111. The van der Waals surface area contributed by atoms with E-state index in [4.69, 9.17) is 5.73 Å². The minimum Gasteiger partial charge on any atom is -0.330 e. The van der Waals surface area contributed by atoms with Crippen molar-refractivity contribution in [1.82, 2.24) is 0 Å². The number of hydrogen-bond acceptors (Lipinski definition) is 1. The highest BCUT2D eigenvalue weighted by molar-refractivity contribution is 4.97. The first-order valence-corrected chi connectivity index (χ1v) is 4.62. The fraction of sp³-hybridized carbons (Fsp3) is 1.00. The lowest BCUT2D eigenvalue weighted by Gasteiger charge is -2.38. The summed E-state index contributed by atoms with van der Waals surface area (Å²) in [4.78, 5) is 0. The Balaban J connectivity index is 2.81. The van der Waals surface area contributed by atoms with Crippen LogP contribution in [-0.4, -0.2) is 6.54 Å². The summed E-state index contributed by atoms with van der Waals surface area (Å²) in [5.41, 5.74) is 6.65. The highest BCUT2D eigenvalue weighted by Crippen LogP contribution is 2.54. The lowest BCUT2D eigenvalue weighted by atomic mass is 9.67. The minimum atomic E-state index is 0.432. The molecule has 11 heavy (non-hydrogen) atoms. The Bertz CT molecular complexity index is 147. The molecule has 1 aliphatic rings. The van der Waals surface area contributed by atoms with Crippen LogP contribution in [0.15, 0.2) is 0 Å². The van der Waals surface area contributed by atoms with Crippen molar-refractivity contribution in [2.75, 3.05) is 6.54 Å². The van der Waals surface area contributed by atoms with E-state index >= 15 is 0 Å². The Labute approximate surface area is 70.4 Å². The zero-order valence-corrected chi connectivity index (χ0v) is 8.28. The molecule has 0 aliphatic heterocycles. The van der Waals surface area contributed by atoms with E-state index in [9.17, 15) is 0 Å². The van der Waals surface area contributed by atoms with Crippen LogP contribution >= 0.6 is 0 Å². The Morgan fingerprint density at radius 3 is 2.00 bits per heavy atom. The van der Waals surface area contributed by atoms with Gasteiger partial charge in [0.25, 0.3) is 0 Å². The van der Waals surface area contributed by atoms with Gasteiger partial charge in [0.05, 0.1) is 0 Å². The van der Waals surface area contributed by atoms with Gasteiger partial charge in [0.2, 0.25) is 0 Å². The normalized spacial score (nSPS) is 34.1. The van der Waals surface area contributed by atoms with E-state index in [0.717, 1.165) is 12.5 Å². The third kappa shape index (κ3) is 1.20. The van der Waals surface area contributed by atoms with Crippen LogP contribution in [0.25, 0.3) is 0 Å². The quantitative estimate of drug-likeness (QED) is 0.618. The molecule has 1 heteroatoms. The molecule has 0 saturated heterocycles. The first-order chi connectivity index (χ1) is 4.92. The van der Waals surface area contributed by atoms with Crippen molar-refractivity contribution >= 4 is 0 Å². The Morgan fingerprint density at radius 1 is 1.27 bits per heavy atom. The molecule has 1 atom stereocenters. The van der Waals surface area contributed by atoms with E-state index in [1.54, 1.807) is 0 Å². The molecule has 1 fully saturated rings. The summed E-state index contributed by atoms with van der Waals surface area (Å²) in [6.45, 7) is 10.3. The second kappa shape index (κ2) is 2.48. The summed E-state index contributed by atoms with van der Waals surface area (Å²) in [5.74, 6) is 0.734. The van der Waals surface area contributed by atoms with Gasteiger partial charge in [-0.15, -0.1) is 0 Å². The molecule has 0 bridgehead atoms. The molecule has 0 spiro atoms. The topological polar surface area (TPSA) is 26.0 Å². The van der Waals surface area contributed by atoms with Gasteiger partial charge in [0.15, 0.2) is 0 Å². The van der Waals surface area contributed by atoms with Crippen LogP contribution in [0.4, 0.5) is 0 Å². The second-order valence-electron chi connectivity index (χ2n) is 5.08. The largest absolute Gasteiger partial charge is 0.330 e. The molecule has 0 heterocycles. The van der Waals surface area contributed by atoms with Crippen LogP contribution in [0.3, 0.4) is 0 Å². The van der Waals surface area contributed by atoms with Gasteiger partial charge in [-0.1, -0.05) is 27.7 Å². The third-order valence-corrected chi connectivity index (χ3v) is 4.17. The van der Waals surface area contributed by atoms with Crippen LogP contribution in [0.1, 0.15) is 40.5 Å². The van der Waals surface area contributed by atoms with E-state index in [-0.39, 0.29) is 0 Å². The summed E-state index contributed by atoms with van der Waals surface area (Å²) in [6.07, 6.45) is 2.65. The van der Waals surface area contributed by atoms with Crippen LogP contribution in [-0.2, 0) is 0 Å². The van der Waals surface area contributed by atoms with Gasteiger partial charge >= 0.3 is 0 Å². The van der Waals surface area contributed by atoms with Crippen LogP contribution < -0.4 is 5.73 Å². The minimum absolute atomic E-state index is 0.432. The average Bonchev–Trinajstić information content (AvgIpc) is 2.05. The van der Waals surface area contributed by atoms with Crippen molar-refractivity contribution in [3.8, 4) is 0 Å². The molecule has 0 radical (unpaired) electrons. The first-order valence-electron chi connectivity index (χ1n) is 4.62. The monoisotopic (exact) mass is 155 g/mol. The molecule has 1 rings (SSSR count). The van der Waals surface area contributed by atoms with Crippen LogP contribution in [0.5, 0.6) is 0 Å². The van der Waals surface area contributed by atoms with Crippen molar-refractivity contribution in [2.45, 2.75) is 40.5 Å². The zero-order valence-electron chi connectivity index (χ0n) is 8.28. The number of hydrogen-bond donors (Lipinski definition) is 1. The molecule has 0 amide bonds.